The van der Waals surface area contributed by atoms with Gasteiger partial charge >= 0.3 is 6.09 Å². The summed E-state index contributed by atoms with van der Waals surface area (Å²) >= 11 is 1.99. The summed E-state index contributed by atoms with van der Waals surface area (Å²) in [6.07, 6.45) is 0.862. The van der Waals surface area contributed by atoms with E-state index in [-0.39, 0.29) is 16.4 Å². The number of hydrogen-bond donors (Lipinski definition) is 0. The predicted molar refractivity (Wildman–Crippen MR) is 75.4 cm³/mol. The highest BCUT2D eigenvalue weighted by molar-refractivity contribution is 14.1. The van der Waals surface area contributed by atoms with Gasteiger partial charge in [-0.1, -0.05) is 30.3 Å². The highest BCUT2D eigenvalue weighted by atomic mass is 127. The van der Waals surface area contributed by atoms with Crippen LogP contribution in [0.1, 0.15) is 18.4 Å². The third kappa shape index (κ3) is 3.22. The molecule has 18 heavy (non-hydrogen) atoms. The first-order valence-corrected chi connectivity index (χ1v) is 7.07. The molecule has 0 bridgehead atoms. The SMILES string of the molecule is O=C1CCCN(C(=O)OCc2ccccc2)C1I. The number of alkyl halides is 1. The van der Waals surface area contributed by atoms with Crippen LogP contribution in [0.15, 0.2) is 30.3 Å². The van der Waals surface area contributed by atoms with Crippen molar-refractivity contribution in [3.05, 3.63) is 35.9 Å². The Morgan fingerprint density at radius 1 is 1.39 bits per heavy atom. The van der Waals surface area contributed by atoms with E-state index in [0.717, 1.165) is 12.0 Å². The first kappa shape index (κ1) is 13.3. The summed E-state index contributed by atoms with van der Waals surface area (Å²) < 4.78 is 4.83. The Morgan fingerprint density at radius 3 is 2.83 bits per heavy atom. The average Bonchev–Trinajstić information content (AvgIpc) is 2.40. The Morgan fingerprint density at radius 2 is 2.11 bits per heavy atom. The van der Waals surface area contributed by atoms with Gasteiger partial charge in [-0.2, -0.15) is 0 Å². The molecule has 0 spiro atoms. The van der Waals surface area contributed by atoms with Crippen molar-refractivity contribution in [3.63, 3.8) is 0 Å². The summed E-state index contributed by atoms with van der Waals surface area (Å²) in [7, 11) is 0. The Bertz CT molecular complexity index is 435. The highest BCUT2D eigenvalue weighted by Gasteiger charge is 2.31. The minimum absolute atomic E-state index is 0.0958. The van der Waals surface area contributed by atoms with Crippen LogP contribution in [0.3, 0.4) is 0 Å². The Kier molecular flexibility index (Phi) is 4.57. The normalized spacial score (nSPS) is 19.7. The molecular formula is C13H14INO3. The van der Waals surface area contributed by atoms with Crippen molar-refractivity contribution in [2.75, 3.05) is 6.54 Å². The maximum atomic E-state index is 11.9. The van der Waals surface area contributed by atoms with Gasteiger partial charge in [-0.25, -0.2) is 4.79 Å². The summed E-state index contributed by atoms with van der Waals surface area (Å²) in [6.45, 7) is 0.834. The van der Waals surface area contributed by atoms with Crippen LogP contribution in [0.25, 0.3) is 0 Å². The van der Waals surface area contributed by atoms with Crippen LogP contribution in [-0.4, -0.2) is 27.4 Å². The number of likely N-dealkylation sites (tertiary alicyclic amines) is 1. The van der Waals surface area contributed by atoms with Crippen molar-refractivity contribution < 1.29 is 14.3 Å². The van der Waals surface area contributed by atoms with E-state index in [1.165, 1.54) is 4.90 Å². The van der Waals surface area contributed by atoms with Crippen molar-refractivity contribution in [1.29, 1.82) is 0 Å². The predicted octanol–water partition coefficient (Wildman–Crippen LogP) is 2.75. The van der Waals surface area contributed by atoms with Gasteiger partial charge in [0.05, 0.1) is 0 Å². The van der Waals surface area contributed by atoms with E-state index >= 15 is 0 Å². The van der Waals surface area contributed by atoms with Gasteiger partial charge in [0, 0.05) is 13.0 Å². The molecule has 1 aromatic rings. The zero-order valence-electron chi connectivity index (χ0n) is 9.84. The van der Waals surface area contributed by atoms with Crippen LogP contribution in [-0.2, 0) is 16.1 Å². The van der Waals surface area contributed by atoms with Crippen molar-refractivity contribution in [2.45, 2.75) is 23.5 Å². The Balaban J connectivity index is 1.90. The van der Waals surface area contributed by atoms with Gasteiger partial charge in [0.1, 0.15) is 10.7 Å². The lowest BCUT2D eigenvalue weighted by Gasteiger charge is -2.29. The lowest BCUT2D eigenvalue weighted by Crippen LogP contribution is -2.45. The topological polar surface area (TPSA) is 46.6 Å². The molecular weight excluding hydrogens is 345 g/mol. The zero-order chi connectivity index (χ0) is 13.0. The molecule has 2 rings (SSSR count). The van der Waals surface area contributed by atoms with E-state index in [1.807, 2.05) is 52.9 Å². The molecule has 4 nitrogen and oxygen atoms in total. The molecule has 1 aromatic carbocycles. The molecule has 1 aliphatic heterocycles. The monoisotopic (exact) mass is 359 g/mol. The van der Waals surface area contributed by atoms with E-state index in [1.54, 1.807) is 0 Å². The minimum atomic E-state index is -0.411. The third-order valence-corrected chi connectivity index (χ3v) is 4.17. The van der Waals surface area contributed by atoms with Crippen LogP contribution in [0.5, 0.6) is 0 Å². The van der Waals surface area contributed by atoms with Crippen molar-refractivity contribution in [2.24, 2.45) is 0 Å². The molecule has 1 heterocycles. The number of carbonyl (C=O) groups excluding carboxylic acids is 2. The lowest BCUT2D eigenvalue weighted by molar-refractivity contribution is -0.122. The van der Waals surface area contributed by atoms with Crippen LogP contribution < -0.4 is 0 Å². The van der Waals surface area contributed by atoms with Crippen LogP contribution in [0.2, 0.25) is 0 Å². The molecule has 5 heteroatoms. The number of rotatable bonds is 2. The van der Waals surface area contributed by atoms with E-state index in [2.05, 4.69) is 0 Å². The number of hydrogen-bond acceptors (Lipinski definition) is 3. The smallest absolute Gasteiger partial charge is 0.411 e. The van der Waals surface area contributed by atoms with Crippen LogP contribution >= 0.6 is 22.6 Å². The molecule has 0 aliphatic carbocycles. The van der Waals surface area contributed by atoms with Gasteiger partial charge in [0.25, 0.3) is 0 Å². The van der Waals surface area contributed by atoms with Gasteiger partial charge in [-0.15, -0.1) is 0 Å². The number of ketones is 1. The highest BCUT2D eigenvalue weighted by Crippen LogP contribution is 2.20. The number of carbonyl (C=O) groups is 2. The summed E-state index contributed by atoms with van der Waals surface area (Å²) in [5, 5.41) is 0. The fraction of sp³-hybridized carbons (Fsp3) is 0.385. The largest absolute Gasteiger partial charge is 0.445 e. The minimum Gasteiger partial charge on any atom is -0.445 e. The molecule has 1 atom stereocenters. The molecule has 1 unspecified atom stereocenters. The Labute approximate surface area is 119 Å². The third-order valence-electron chi connectivity index (χ3n) is 2.80. The number of Topliss-reactive ketones (excluding diaryl/α,β-unsaturated/α-hetero) is 1. The number of benzene rings is 1. The number of halogens is 1. The first-order chi connectivity index (χ1) is 8.68. The molecule has 0 aromatic heterocycles. The summed E-state index contributed by atoms with van der Waals surface area (Å²) in [5.41, 5.74) is 0.944. The van der Waals surface area contributed by atoms with Gasteiger partial charge in [-0.3, -0.25) is 9.69 Å². The number of nitrogens with zero attached hydrogens (tertiary/aromatic N) is 1. The lowest BCUT2D eigenvalue weighted by atomic mass is 10.1. The zero-order valence-corrected chi connectivity index (χ0v) is 12.0. The average molecular weight is 359 g/mol. The van der Waals surface area contributed by atoms with Crippen molar-refractivity contribution in [1.82, 2.24) is 4.90 Å². The van der Waals surface area contributed by atoms with E-state index < -0.39 is 6.09 Å². The van der Waals surface area contributed by atoms with Crippen LogP contribution in [0, 0.1) is 0 Å². The van der Waals surface area contributed by atoms with Crippen molar-refractivity contribution in [3.8, 4) is 0 Å². The maximum Gasteiger partial charge on any atom is 0.411 e. The summed E-state index contributed by atoms with van der Waals surface area (Å²) in [5.74, 6) is 0.0958. The van der Waals surface area contributed by atoms with Gasteiger partial charge in [0.2, 0.25) is 0 Å². The second-order valence-electron chi connectivity index (χ2n) is 4.14. The van der Waals surface area contributed by atoms with Gasteiger partial charge in [-0.05, 0) is 34.6 Å². The van der Waals surface area contributed by atoms with E-state index in [9.17, 15) is 9.59 Å². The number of amides is 1. The summed E-state index contributed by atoms with van der Waals surface area (Å²) in [4.78, 5) is 24.9. The van der Waals surface area contributed by atoms with Crippen molar-refractivity contribution >= 4 is 34.5 Å². The van der Waals surface area contributed by atoms with Crippen LogP contribution in [0.4, 0.5) is 4.79 Å². The molecule has 1 saturated heterocycles. The molecule has 1 amide bonds. The second-order valence-corrected chi connectivity index (χ2v) is 5.32. The Hall–Kier alpha value is -1.11. The number of ether oxygens (including phenoxy) is 1. The number of piperidine rings is 1. The fourth-order valence-corrected chi connectivity index (χ4v) is 2.63. The maximum absolute atomic E-state index is 11.9. The quantitative estimate of drug-likeness (QED) is 0.464. The molecule has 0 radical (unpaired) electrons. The van der Waals surface area contributed by atoms with E-state index in [4.69, 9.17) is 4.74 Å². The molecule has 0 N–H and O–H groups in total. The fourth-order valence-electron chi connectivity index (χ4n) is 1.82. The first-order valence-electron chi connectivity index (χ1n) is 5.82. The van der Waals surface area contributed by atoms with Gasteiger partial charge < -0.3 is 4.74 Å². The molecule has 0 saturated carbocycles. The molecule has 1 aliphatic rings. The van der Waals surface area contributed by atoms with Gasteiger partial charge in [0.15, 0.2) is 5.78 Å². The molecule has 96 valence electrons. The molecule has 1 fully saturated rings. The summed E-state index contributed by atoms with van der Waals surface area (Å²) in [6, 6.07) is 9.51. The second kappa shape index (κ2) is 6.17. The van der Waals surface area contributed by atoms with E-state index in [0.29, 0.717) is 13.0 Å². The standard InChI is InChI=1S/C13H14INO3/c14-12-11(16)7-4-8-15(12)13(17)18-9-10-5-2-1-3-6-10/h1-3,5-6,12H,4,7-9H2.